The van der Waals surface area contributed by atoms with E-state index < -0.39 is 10.8 Å². The average Bonchev–Trinajstić information content (AvgIpc) is 2.35. The Bertz CT molecular complexity index is 554. The monoisotopic (exact) mass is 282 g/mol. The second kappa shape index (κ2) is 6.12. The van der Waals surface area contributed by atoms with E-state index in [9.17, 15) is 8.60 Å². The summed E-state index contributed by atoms with van der Waals surface area (Å²) in [5.41, 5.74) is 1.43. The Kier molecular flexibility index (Phi) is 4.50. The van der Waals surface area contributed by atoms with Crippen LogP contribution in [0.25, 0.3) is 0 Å². The summed E-state index contributed by atoms with van der Waals surface area (Å²) in [5, 5.41) is 0.652. The number of hydrogen-bond acceptors (Lipinski definition) is 1. The molecular formula is C14H12ClFOS. The molecule has 1 nitrogen and oxygen atoms in total. The second-order valence-corrected chi connectivity index (χ2v) is 5.84. The molecule has 0 aliphatic rings. The standard InChI is InChI=1S/C14H12ClFOS/c15-13-7-5-11(6-8-13)9-18(17)10-12-3-1-2-4-14(12)16/h1-8H,9-10H2/t18-/m0/s1. The largest absolute Gasteiger partial charge is 0.259 e. The van der Waals surface area contributed by atoms with E-state index in [1.165, 1.54) is 6.07 Å². The van der Waals surface area contributed by atoms with E-state index in [1.54, 1.807) is 30.3 Å². The lowest BCUT2D eigenvalue weighted by molar-refractivity contribution is 0.615. The van der Waals surface area contributed by atoms with Crippen LogP contribution in [0.5, 0.6) is 0 Å². The van der Waals surface area contributed by atoms with Gasteiger partial charge >= 0.3 is 0 Å². The van der Waals surface area contributed by atoms with E-state index in [-0.39, 0.29) is 11.6 Å². The van der Waals surface area contributed by atoms with Gasteiger partial charge in [0.05, 0.1) is 5.75 Å². The van der Waals surface area contributed by atoms with Crippen molar-refractivity contribution in [2.24, 2.45) is 0 Å². The predicted octanol–water partition coefficient (Wildman–Crippen LogP) is 3.93. The Hall–Kier alpha value is -1.19. The van der Waals surface area contributed by atoms with Crippen molar-refractivity contribution in [2.45, 2.75) is 11.5 Å². The minimum absolute atomic E-state index is 0.231. The zero-order valence-corrected chi connectivity index (χ0v) is 11.2. The van der Waals surface area contributed by atoms with Gasteiger partial charge in [0.25, 0.3) is 0 Å². The average molecular weight is 283 g/mol. The Morgan fingerprint density at radius 2 is 1.67 bits per heavy atom. The van der Waals surface area contributed by atoms with E-state index in [4.69, 9.17) is 11.6 Å². The fourth-order valence-electron chi connectivity index (χ4n) is 1.61. The van der Waals surface area contributed by atoms with Gasteiger partial charge in [-0.05, 0) is 23.8 Å². The lowest BCUT2D eigenvalue weighted by atomic mass is 10.2. The summed E-state index contributed by atoms with van der Waals surface area (Å²) in [6, 6.07) is 13.6. The van der Waals surface area contributed by atoms with Gasteiger partial charge in [-0.1, -0.05) is 41.9 Å². The highest BCUT2D eigenvalue weighted by Gasteiger charge is 2.07. The first-order chi connectivity index (χ1) is 8.65. The van der Waals surface area contributed by atoms with Gasteiger partial charge in [-0.3, -0.25) is 4.21 Å². The molecule has 0 N–H and O–H groups in total. The summed E-state index contributed by atoms with van der Waals surface area (Å²) in [6.45, 7) is 0. The SMILES string of the molecule is O=[S@@](Cc1ccc(Cl)cc1)Cc1ccccc1F. The fraction of sp³-hybridized carbons (Fsp3) is 0.143. The molecule has 0 bridgehead atoms. The first-order valence-electron chi connectivity index (χ1n) is 5.48. The molecule has 0 spiro atoms. The second-order valence-electron chi connectivity index (χ2n) is 3.95. The Labute approximate surface area is 113 Å². The zero-order valence-electron chi connectivity index (χ0n) is 9.61. The van der Waals surface area contributed by atoms with Gasteiger partial charge in [-0.25, -0.2) is 4.39 Å². The van der Waals surface area contributed by atoms with E-state index in [0.29, 0.717) is 16.3 Å². The third-order valence-corrected chi connectivity index (χ3v) is 4.06. The van der Waals surface area contributed by atoms with Crippen LogP contribution in [-0.4, -0.2) is 4.21 Å². The molecule has 0 amide bonds. The summed E-state index contributed by atoms with van der Waals surface area (Å²) in [6.07, 6.45) is 0. The van der Waals surface area contributed by atoms with E-state index in [1.807, 2.05) is 12.1 Å². The van der Waals surface area contributed by atoms with Crippen LogP contribution >= 0.6 is 11.6 Å². The number of benzene rings is 2. The maximum atomic E-state index is 13.4. The highest BCUT2D eigenvalue weighted by Crippen LogP contribution is 2.14. The van der Waals surface area contributed by atoms with Crippen LogP contribution in [-0.2, 0) is 22.3 Å². The molecule has 2 aromatic rings. The summed E-state index contributed by atoms with van der Waals surface area (Å²) in [5.74, 6) is 0.336. The van der Waals surface area contributed by atoms with Gasteiger partial charge in [-0.15, -0.1) is 0 Å². The molecule has 1 atom stereocenters. The van der Waals surface area contributed by atoms with Crippen molar-refractivity contribution >= 4 is 22.4 Å². The molecule has 0 fully saturated rings. The van der Waals surface area contributed by atoms with Gasteiger partial charge < -0.3 is 0 Å². The van der Waals surface area contributed by atoms with Gasteiger partial charge in [0.15, 0.2) is 0 Å². The highest BCUT2D eigenvalue weighted by atomic mass is 35.5. The van der Waals surface area contributed by atoms with Crippen LogP contribution in [0.15, 0.2) is 48.5 Å². The van der Waals surface area contributed by atoms with Crippen molar-refractivity contribution in [1.82, 2.24) is 0 Å². The zero-order chi connectivity index (χ0) is 13.0. The molecule has 2 rings (SSSR count). The Balaban J connectivity index is 2.01. The Morgan fingerprint density at radius 1 is 1.00 bits per heavy atom. The van der Waals surface area contributed by atoms with Crippen molar-refractivity contribution in [3.63, 3.8) is 0 Å². The Morgan fingerprint density at radius 3 is 2.33 bits per heavy atom. The first kappa shape index (κ1) is 13.2. The van der Waals surface area contributed by atoms with E-state index in [2.05, 4.69) is 0 Å². The van der Waals surface area contributed by atoms with Crippen molar-refractivity contribution in [2.75, 3.05) is 0 Å². The molecule has 0 aromatic heterocycles. The minimum atomic E-state index is -1.12. The van der Waals surface area contributed by atoms with Gasteiger partial charge in [-0.2, -0.15) is 0 Å². The maximum Gasteiger partial charge on any atom is 0.127 e. The summed E-state index contributed by atoms with van der Waals surface area (Å²) >= 11 is 5.77. The third kappa shape index (κ3) is 3.65. The molecule has 0 saturated heterocycles. The van der Waals surface area contributed by atoms with Crippen LogP contribution in [0.1, 0.15) is 11.1 Å². The van der Waals surface area contributed by atoms with Crippen molar-refractivity contribution in [3.05, 3.63) is 70.5 Å². The minimum Gasteiger partial charge on any atom is -0.259 e. The summed E-state index contributed by atoms with van der Waals surface area (Å²) in [7, 11) is -1.12. The molecule has 0 aliphatic heterocycles. The first-order valence-corrected chi connectivity index (χ1v) is 7.34. The topological polar surface area (TPSA) is 17.1 Å². The van der Waals surface area contributed by atoms with Crippen molar-refractivity contribution in [3.8, 4) is 0 Å². The van der Waals surface area contributed by atoms with Gasteiger partial charge in [0.2, 0.25) is 0 Å². The van der Waals surface area contributed by atoms with Crippen LogP contribution in [0.3, 0.4) is 0 Å². The molecule has 0 saturated carbocycles. The smallest absolute Gasteiger partial charge is 0.127 e. The van der Waals surface area contributed by atoms with Crippen LogP contribution in [0, 0.1) is 5.82 Å². The van der Waals surface area contributed by atoms with Crippen LogP contribution in [0.2, 0.25) is 5.02 Å². The van der Waals surface area contributed by atoms with Crippen molar-refractivity contribution in [1.29, 1.82) is 0 Å². The fourth-order valence-corrected chi connectivity index (χ4v) is 2.98. The summed E-state index contributed by atoms with van der Waals surface area (Å²) in [4.78, 5) is 0. The van der Waals surface area contributed by atoms with E-state index in [0.717, 1.165) is 5.56 Å². The molecular weight excluding hydrogens is 271 g/mol. The predicted molar refractivity (Wildman–Crippen MR) is 73.4 cm³/mol. The lowest BCUT2D eigenvalue weighted by Crippen LogP contribution is -2.01. The quantitative estimate of drug-likeness (QED) is 0.830. The third-order valence-electron chi connectivity index (χ3n) is 2.52. The summed E-state index contributed by atoms with van der Waals surface area (Å²) < 4.78 is 25.3. The lowest BCUT2D eigenvalue weighted by Gasteiger charge is -2.04. The van der Waals surface area contributed by atoms with Crippen LogP contribution in [0.4, 0.5) is 4.39 Å². The molecule has 0 radical (unpaired) electrons. The molecule has 2 aromatic carbocycles. The van der Waals surface area contributed by atoms with Crippen molar-refractivity contribution < 1.29 is 8.60 Å². The maximum absolute atomic E-state index is 13.4. The molecule has 18 heavy (non-hydrogen) atoms. The number of rotatable bonds is 4. The van der Waals surface area contributed by atoms with Gasteiger partial charge in [0, 0.05) is 27.1 Å². The number of halogens is 2. The molecule has 0 unspecified atom stereocenters. The molecule has 0 heterocycles. The molecule has 4 heteroatoms. The molecule has 94 valence electrons. The molecule has 0 aliphatic carbocycles. The van der Waals surface area contributed by atoms with E-state index >= 15 is 0 Å². The normalized spacial score (nSPS) is 12.3. The number of hydrogen-bond donors (Lipinski definition) is 0. The van der Waals surface area contributed by atoms with Gasteiger partial charge in [0.1, 0.15) is 5.82 Å². The highest BCUT2D eigenvalue weighted by molar-refractivity contribution is 7.83. The van der Waals surface area contributed by atoms with Crippen LogP contribution < -0.4 is 0 Å².